The minimum Gasteiger partial charge on any atom is -0.368 e. The van der Waals surface area contributed by atoms with E-state index in [-0.39, 0.29) is 11.4 Å². The second-order valence-electron chi connectivity index (χ2n) is 7.80. The Bertz CT molecular complexity index is 759. The summed E-state index contributed by atoms with van der Waals surface area (Å²) in [6.45, 7) is 11.3. The summed E-state index contributed by atoms with van der Waals surface area (Å²) in [5.41, 5.74) is 2.77. The average molecular weight is 353 g/mol. The van der Waals surface area contributed by atoms with Crippen LogP contribution in [-0.2, 0) is 0 Å². The van der Waals surface area contributed by atoms with Crippen LogP contribution in [0.25, 0.3) is 0 Å². The van der Waals surface area contributed by atoms with E-state index in [0.29, 0.717) is 24.6 Å². The predicted molar refractivity (Wildman–Crippen MR) is 105 cm³/mol. The smallest absolute Gasteiger partial charge is 0.274 e. The summed E-state index contributed by atoms with van der Waals surface area (Å²) in [7, 11) is 0. The Labute approximate surface area is 155 Å². The predicted octanol–water partition coefficient (Wildman–Crippen LogP) is 2.96. The topological polar surface area (TPSA) is 61.4 Å². The van der Waals surface area contributed by atoms with E-state index in [0.717, 1.165) is 13.1 Å². The zero-order chi connectivity index (χ0) is 18.7. The van der Waals surface area contributed by atoms with Gasteiger partial charge in [0, 0.05) is 37.4 Å². The van der Waals surface area contributed by atoms with Crippen molar-refractivity contribution in [2.45, 2.75) is 33.2 Å². The van der Waals surface area contributed by atoms with Gasteiger partial charge in [-0.05, 0) is 57.5 Å². The van der Waals surface area contributed by atoms with Gasteiger partial charge in [0.25, 0.3) is 5.91 Å². The minimum atomic E-state index is -0.0909. The Hall–Kier alpha value is -2.63. The maximum absolute atomic E-state index is 12.7. The highest BCUT2D eigenvalue weighted by atomic mass is 16.2. The number of amides is 1. The summed E-state index contributed by atoms with van der Waals surface area (Å²) in [5, 5.41) is 11.5. The third-order valence-electron chi connectivity index (χ3n) is 4.32. The molecule has 2 aromatic rings. The van der Waals surface area contributed by atoms with Crippen molar-refractivity contribution in [3.05, 3.63) is 47.7 Å². The summed E-state index contributed by atoms with van der Waals surface area (Å²) in [6.07, 6.45) is 0. The van der Waals surface area contributed by atoms with Crippen molar-refractivity contribution in [3.63, 3.8) is 0 Å². The number of carbonyl (C=O) groups is 1. The van der Waals surface area contributed by atoms with E-state index >= 15 is 0 Å². The number of hydrogen-bond donors (Lipinski definition) is 1. The van der Waals surface area contributed by atoms with E-state index in [1.54, 1.807) is 6.07 Å². The van der Waals surface area contributed by atoms with Crippen LogP contribution in [0.15, 0.2) is 36.4 Å². The fourth-order valence-corrected chi connectivity index (χ4v) is 3.05. The van der Waals surface area contributed by atoms with Crippen molar-refractivity contribution < 1.29 is 4.79 Å². The van der Waals surface area contributed by atoms with Crippen LogP contribution in [0.4, 0.5) is 11.5 Å². The van der Waals surface area contributed by atoms with Gasteiger partial charge in [0.2, 0.25) is 0 Å². The molecule has 1 amide bonds. The number of piperazine rings is 1. The lowest BCUT2D eigenvalue weighted by Gasteiger charge is -2.36. The van der Waals surface area contributed by atoms with Crippen LogP contribution >= 0.6 is 0 Å². The highest BCUT2D eigenvalue weighted by molar-refractivity contribution is 5.92. The van der Waals surface area contributed by atoms with E-state index in [1.165, 1.54) is 11.3 Å². The molecule has 0 saturated carbocycles. The quantitative estimate of drug-likeness (QED) is 0.919. The summed E-state index contributed by atoms with van der Waals surface area (Å²) < 4.78 is 0. The first-order valence-electron chi connectivity index (χ1n) is 9.05. The molecule has 6 heteroatoms. The molecule has 0 aliphatic carbocycles. The Kier molecular flexibility index (Phi) is 5.11. The van der Waals surface area contributed by atoms with Crippen LogP contribution < -0.4 is 10.2 Å². The normalized spacial score (nSPS) is 15.1. The van der Waals surface area contributed by atoms with Gasteiger partial charge in [0.15, 0.2) is 5.69 Å². The van der Waals surface area contributed by atoms with Crippen LogP contribution in [-0.4, -0.2) is 52.7 Å². The molecule has 6 nitrogen and oxygen atoms in total. The maximum atomic E-state index is 12.7. The summed E-state index contributed by atoms with van der Waals surface area (Å²) in [6, 6.07) is 12.0. The van der Waals surface area contributed by atoms with Gasteiger partial charge in [-0.1, -0.05) is 12.1 Å². The largest absolute Gasteiger partial charge is 0.368 e. The lowest BCUT2D eigenvalue weighted by Crippen LogP contribution is -2.49. The standard InChI is InChI=1S/C20H27N5O/c1-15-6-5-7-16(14-15)24-10-12-25(13-11-24)19(26)17-8-9-18(23-22-17)21-20(2,3)4/h5-9,14H,10-13H2,1-4H3,(H,21,23). The second kappa shape index (κ2) is 7.32. The molecular formula is C20H27N5O. The molecule has 1 aromatic carbocycles. The first-order valence-corrected chi connectivity index (χ1v) is 9.05. The van der Waals surface area contributed by atoms with Gasteiger partial charge in [-0.15, -0.1) is 10.2 Å². The number of aryl methyl sites for hydroxylation is 1. The van der Waals surface area contributed by atoms with Crippen molar-refractivity contribution in [1.29, 1.82) is 0 Å². The molecule has 1 aromatic heterocycles. The van der Waals surface area contributed by atoms with Gasteiger partial charge in [-0.25, -0.2) is 0 Å². The molecule has 3 rings (SSSR count). The van der Waals surface area contributed by atoms with Crippen molar-refractivity contribution in [2.75, 3.05) is 36.4 Å². The summed E-state index contributed by atoms with van der Waals surface area (Å²) in [4.78, 5) is 16.9. The number of hydrogen-bond acceptors (Lipinski definition) is 5. The van der Waals surface area contributed by atoms with Gasteiger partial charge < -0.3 is 15.1 Å². The lowest BCUT2D eigenvalue weighted by molar-refractivity contribution is 0.0739. The van der Waals surface area contributed by atoms with Gasteiger partial charge >= 0.3 is 0 Å². The highest BCUT2D eigenvalue weighted by Gasteiger charge is 2.23. The first-order chi connectivity index (χ1) is 12.3. The Morgan fingerprint density at radius 1 is 1.04 bits per heavy atom. The SMILES string of the molecule is Cc1cccc(N2CCN(C(=O)c3ccc(NC(C)(C)C)nn3)CC2)c1. The molecule has 1 aliphatic rings. The number of nitrogens with zero attached hydrogens (tertiary/aromatic N) is 4. The van der Waals surface area contributed by atoms with Crippen molar-refractivity contribution in [1.82, 2.24) is 15.1 Å². The van der Waals surface area contributed by atoms with Crippen LogP contribution in [0.2, 0.25) is 0 Å². The fourth-order valence-electron chi connectivity index (χ4n) is 3.05. The molecule has 138 valence electrons. The molecule has 0 spiro atoms. The van der Waals surface area contributed by atoms with Crippen LogP contribution in [0.5, 0.6) is 0 Å². The van der Waals surface area contributed by atoms with Crippen LogP contribution in [0.1, 0.15) is 36.8 Å². The molecule has 2 heterocycles. The summed E-state index contributed by atoms with van der Waals surface area (Å²) >= 11 is 0. The molecule has 0 bridgehead atoms. The van der Waals surface area contributed by atoms with Crippen LogP contribution in [0.3, 0.4) is 0 Å². The molecule has 26 heavy (non-hydrogen) atoms. The maximum Gasteiger partial charge on any atom is 0.274 e. The minimum absolute atomic E-state index is 0.0521. The Morgan fingerprint density at radius 3 is 2.35 bits per heavy atom. The van der Waals surface area contributed by atoms with E-state index in [9.17, 15) is 4.79 Å². The number of rotatable bonds is 3. The third kappa shape index (κ3) is 4.50. The third-order valence-corrected chi connectivity index (χ3v) is 4.32. The fraction of sp³-hybridized carbons (Fsp3) is 0.450. The number of benzene rings is 1. The number of nitrogens with one attached hydrogen (secondary N) is 1. The first kappa shape index (κ1) is 18.2. The van der Waals surface area contributed by atoms with Gasteiger partial charge in [-0.3, -0.25) is 4.79 Å². The zero-order valence-corrected chi connectivity index (χ0v) is 16.0. The number of carbonyl (C=O) groups excluding carboxylic acids is 1. The van der Waals surface area contributed by atoms with Crippen molar-refractivity contribution in [3.8, 4) is 0 Å². The number of anilines is 2. The van der Waals surface area contributed by atoms with E-state index in [2.05, 4.69) is 72.4 Å². The Morgan fingerprint density at radius 2 is 1.77 bits per heavy atom. The molecule has 1 aliphatic heterocycles. The van der Waals surface area contributed by atoms with Gasteiger partial charge in [0.1, 0.15) is 5.82 Å². The molecule has 1 saturated heterocycles. The molecule has 0 atom stereocenters. The molecule has 0 unspecified atom stereocenters. The molecule has 1 fully saturated rings. The van der Waals surface area contributed by atoms with Gasteiger partial charge in [0.05, 0.1) is 0 Å². The van der Waals surface area contributed by atoms with Crippen molar-refractivity contribution in [2.24, 2.45) is 0 Å². The van der Waals surface area contributed by atoms with E-state index in [1.807, 2.05) is 11.0 Å². The van der Waals surface area contributed by atoms with E-state index in [4.69, 9.17) is 0 Å². The van der Waals surface area contributed by atoms with E-state index < -0.39 is 0 Å². The zero-order valence-electron chi connectivity index (χ0n) is 16.0. The Balaban J connectivity index is 1.60. The number of aromatic nitrogens is 2. The molecule has 1 N–H and O–H groups in total. The monoisotopic (exact) mass is 353 g/mol. The van der Waals surface area contributed by atoms with Gasteiger partial charge in [-0.2, -0.15) is 0 Å². The molecule has 0 radical (unpaired) electrons. The highest BCUT2D eigenvalue weighted by Crippen LogP contribution is 2.18. The van der Waals surface area contributed by atoms with Crippen LogP contribution in [0, 0.1) is 6.92 Å². The lowest BCUT2D eigenvalue weighted by atomic mass is 10.1. The average Bonchev–Trinajstić information content (AvgIpc) is 2.61. The summed E-state index contributed by atoms with van der Waals surface area (Å²) in [5.74, 6) is 0.627. The molecular weight excluding hydrogens is 326 g/mol. The van der Waals surface area contributed by atoms with Crippen molar-refractivity contribution >= 4 is 17.4 Å². The second-order valence-corrected chi connectivity index (χ2v) is 7.80.